The van der Waals surface area contributed by atoms with Crippen LogP contribution in [0.1, 0.15) is 17.5 Å². The molecular formula is C19H19Fe. The van der Waals surface area contributed by atoms with E-state index in [4.69, 9.17) is 0 Å². The Hall–Kier alpha value is -1.56. The van der Waals surface area contributed by atoms with Gasteiger partial charge in [0.1, 0.15) is 0 Å². The summed E-state index contributed by atoms with van der Waals surface area (Å²) in [5.74, 6) is 0. The normalized spacial score (nSPS) is 10.5. The quantitative estimate of drug-likeness (QED) is 0.480. The van der Waals surface area contributed by atoms with Gasteiger partial charge in [-0.2, -0.15) is 77.9 Å². The molecule has 0 N–H and O–H groups in total. The Kier molecular flexibility index (Phi) is 11.5. The monoisotopic (exact) mass is 303 g/mol. The molecule has 0 saturated carbocycles. The topological polar surface area (TPSA) is 0 Å². The summed E-state index contributed by atoms with van der Waals surface area (Å²) in [6, 6.07) is 21.9. The van der Waals surface area contributed by atoms with Crippen molar-refractivity contribution in [2.24, 2.45) is 0 Å². The fourth-order valence-corrected chi connectivity index (χ4v) is 1.31. The van der Waals surface area contributed by atoms with E-state index in [9.17, 15) is 0 Å². The summed E-state index contributed by atoms with van der Waals surface area (Å²) in [6.45, 7) is 4.06. The van der Waals surface area contributed by atoms with Crippen molar-refractivity contribution in [1.29, 1.82) is 0 Å². The third-order valence-electron chi connectivity index (χ3n) is 2.31. The van der Waals surface area contributed by atoms with Gasteiger partial charge < -0.3 is 0 Å². The van der Waals surface area contributed by atoms with Crippen molar-refractivity contribution < 1.29 is 17.1 Å². The van der Waals surface area contributed by atoms with E-state index in [1.807, 2.05) is 74.5 Å². The molecule has 1 radical (unpaired) electrons. The van der Waals surface area contributed by atoms with Crippen LogP contribution in [0.5, 0.6) is 0 Å². The number of hydrogen-bond acceptors (Lipinski definition) is 0. The molecule has 0 fully saturated rings. The Bertz CT molecular complexity index is 436. The number of allylic oxidation sites excluding steroid dienone is 4. The molecule has 0 amide bonds. The van der Waals surface area contributed by atoms with Crippen LogP contribution in [-0.4, -0.2) is 0 Å². The molecule has 1 aliphatic rings. The average molecular weight is 303 g/mol. The molecule has 20 heavy (non-hydrogen) atoms. The zero-order valence-electron chi connectivity index (χ0n) is 11.9. The minimum Gasteiger partial charge on any atom is -0.273 e. The van der Waals surface area contributed by atoms with Gasteiger partial charge in [-0.3, -0.25) is 6.08 Å². The van der Waals surface area contributed by atoms with Gasteiger partial charge >= 0.3 is 17.1 Å². The molecule has 0 nitrogen and oxygen atoms in total. The molecule has 0 saturated heterocycles. The van der Waals surface area contributed by atoms with E-state index in [1.54, 1.807) is 0 Å². The van der Waals surface area contributed by atoms with E-state index in [0.29, 0.717) is 0 Å². The third-order valence-corrected chi connectivity index (χ3v) is 2.31. The number of hydrogen-bond donors (Lipinski definition) is 0. The second kappa shape index (κ2) is 12.5. The largest absolute Gasteiger partial charge is 3.00 e. The van der Waals surface area contributed by atoms with Crippen LogP contribution >= 0.6 is 0 Å². The molecule has 3 rings (SSSR count). The smallest absolute Gasteiger partial charge is 0.273 e. The van der Waals surface area contributed by atoms with E-state index in [-0.39, 0.29) is 17.1 Å². The number of benzene rings is 2. The zero-order valence-corrected chi connectivity index (χ0v) is 13.0. The maximum atomic E-state index is 3.03. The van der Waals surface area contributed by atoms with E-state index in [1.165, 1.54) is 11.1 Å². The van der Waals surface area contributed by atoms with E-state index < -0.39 is 0 Å². The van der Waals surface area contributed by atoms with E-state index >= 15 is 0 Å². The summed E-state index contributed by atoms with van der Waals surface area (Å²) in [5.41, 5.74) is 2.39. The van der Waals surface area contributed by atoms with Crippen LogP contribution in [0.4, 0.5) is 0 Å². The Morgan fingerprint density at radius 1 is 0.850 bits per heavy atom. The molecule has 0 aliphatic heterocycles. The van der Waals surface area contributed by atoms with Gasteiger partial charge in [0.2, 0.25) is 0 Å². The van der Waals surface area contributed by atoms with Gasteiger partial charge in [0.05, 0.1) is 0 Å². The van der Waals surface area contributed by atoms with Crippen molar-refractivity contribution in [1.82, 2.24) is 0 Å². The standard InChI is InChI=1S/2C7H7.C5H5.Fe/c2*1-7-5-3-2-4-6-7;1-2-4-5-3-1;/h2*2-5H,1H3;1-3H,4H2;/q3*-1;+3. The van der Waals surface area contributed by atoms with Gasteiger partial charge in [0, 0.05) is 0 Å². The second-order valence-electron chi connectivity index (χ2n) is 4.09. The molecule has 1 aliphatic carbocycles. The Balaban J connectivity index is 0.000000268. The van der Waals surface area contributed by atoms with Gasteiger partial charge in [-0.1, -0.05) is 13.8 Å². The van der Waals surface area contributed by atoms with Crippen molar-refractivity contribution in [2.75, 3.05) is 0 Å². The van der Waals surface area contributed by atoms with Crippen molar-refractivity contribution in [2.45, 2.75) is 20.3 Å². The molecule has 0 spiro atoms. The second-order valence-corrected chi connectivity index (χ2v) is 4.09. The summed E-state index contributed by atoms with van der Waals surface area (Å²) >= 11 is 0. The zero-order chi connectivity index (χ0) is 13.8. The summed E-state index contributed by atoms with van der Waals surface area (Å²) in [4.78, 5) is 0. The van der Waals surface area contributed by atoms with Crippen molar-refractivity contribution >= 4 is 0 Å². The van der Waals surface area contributed by atoms with Gasteiger partial charge in [0.25, 0.3) is 0 Å². The molecule has 2 aromatic rings. The summed E-state index contributed by atoms with van der Waals surface area (Å²) in [7, 11) is 0. The van der Waals surface area contributed by atoms with Gasteiger partial charge in [-0.15, -0.1) is 6.42 Å². The molecule has 2 aromatic carbocycles. The molecule has 1 heteroatoms. The molecule has 0 aromatic heterocycles. The molecule has 0 heterocycles. The van der Waals surface area contributed by atoms with Crippen LogP contribution in [-0.2, 0) is 17.1 Å². The van der Waals surface area contributed by atoms with Gasteiger partial charge in [-0.25, -0.2) is 12.2 Å². The number of rotatable bonds is 0. The molecular weight excluding hydrogens is 284 g/mol. The van der Waals surface area contributed by atoms with Crippen LogP contribution in [0.15, 0.2) is 66.8 Å². The minimum atomic E-state index is 0. The van der Waals surface area contributed by atoms with Crippen LogP contribution in [0.25, 0.3) is 0 Å². The third kappa shape index (κ3) is 10.4. The van der Waals surface area contributed by atoms with Crippen molar-refractivity contribution in [3.63, 3.8) is 0 Å². The van der Waals surface area contributed by atoms with Crippen molar-refractivity contribution in [3.8, 4) is 0 Å². The van der Waals surface area contributed by atoms with Gasteiger partial charge in [-0.05, 0) is 0 Å². The first-order valence-corrected chi connectivity index (χ1v) is 6.37. The summed E-state index contributed by atoms with van der Waals surface area (Å²) < 4.78 is 0. The van der Waals surface area contributed by atoms with Crippen LogP contribution < -0.4 is 0 Å². The van der Waals surface area contributed by atoms with E-state index in [2.05, 4.69) is 24.3 Å². The number of aryl methyl sites for hydroxylation is 2. The summed E-state index contributed by atoms with van der Waals surface area (Å²) in [5, 5.41) is 0. The first kappa shape index (κ1) is 18.4. The SMILES string of the molecule is Cc1[c-]cccc1.Cc1[c-]cccc1.[C-]1=CC=CC1.[Fe+3]. The predicted octanol–water partition coefficient (Wildman–Crippen LogP) is 4.89. The summed E-state index contributed by atoms with van der Waals surface area (Å²) in [6.07, 6.45) is 10.0. The van der Waals surface area contributed by atoms with Crippen LogP contribution in [0.2, 0.25) is 0 Å². The average Bonchev–Trinajstić information content (AvgIpc) is 3.00. The molecule has 103 valence electrons. The molecule has 0 bridgehead atoms. The Labute approximate surface area is 133 Å². The first-order chi connectivity index (χ1) is 9.29. The van der Waals surface area contributed by atoms with Crippen LogP contribution in [0.3, 0.4) is 0 Å². The van der Waals surface area contributed by atoms with Crippen molar-refractivity contribution in [3.05, 3.63) is 96.1 Å². The predicted molar refractivity (Wildman–Crippen MR) is 81.6 cm³/mol. The minimum absolute atomic E-state index is 0. The fourth-order valence-electron chi connectivity index (χ4n) is 1.31. The van der Waals surface area contributed by atoms with Crippen LogP contribution in [0, 0.1) is 32.1 Å². The maximum Gasteiger partial charge on any atom is 3.00 e. The molecule has 0 atom stereocenters. The Morgan fingerprint density at radius 2 is 1.40 bits per heavy atom. The van der Waals surface area contributed by atoms with Gasteiger partial charge in [0.15, 0.2) is 0 Å². The Morgan fingerprint density at radius 3 is 1.55 bits per heavy atom. The molecule has 0 unspecified atom stereocenters. The maximum absolute atomic E-state index is 3.03. The fraction of sp³-hybridized carbons (Fsp3) is 0.158. The van der Waals surface area contributed by atoms with E-state index in [0.717, 1.165) is 6.42 Å². The first-order valence-electron chi connectivity index (χ1n) is 6.37.